The number of aryl methyl sites for hydroxylation is 1. The van der Waals surface area contributed by atoms with E-state index in [4.69, 9.17) is 27.0 Å². The molecule has 0 aliphatic heterocycles. The molecule has 84 valence electrons. The summed E-state index contributed by atoms with van der Waals surface area (Å²) in [6, 6.07) is 2.85. The molecule has 0 atom stereocenters. The van der Waals surface area contributed by atoms with Crippen molar-refractivity contribution in [1.29, 1.82) is 0 Å². The molecule has 0 fully saturated rings. The van der Waals surface area contributed by atoms with Gasteiger partial charge in [0.05, 0.1) is 16.5 Å². The zero-order valence-corrected chi connectivity index (χ0v) is 10.6. The molecule has 0 saturated carbocycles. The maximum absolute atomic E-state index is 11.1. The first-order valence-corrected chi connectivity index (χ1v) is 6.92. The molecule has 0 aromatic heterocycles. The molecule has 0 heterocycles. The van der Waals surface area contributed by atoms with Gasteiger partial charge in [0.1, 0.15) is 5.75 Å². The summed E-state index contributed by atoms with van der Waals surface area (Å²) in [4.78, 5) is 0.0117. The van der Waals surface area contributed by atoms with Crippen LogP contribution in [0.3, 0.4) is 0 Å². The normalized spacial score (nSPS) is 11.5. The van der Waals surface area contributed by atoms with Gasteiger partial charge in [0.25, 0.3) is 9.05 Å². The smallest absolute Gasteiger partial charge is 0.261 e. The molecule has 3 nitrogen and oxygen atoms in total. The molecule has 6 heteroatoms. The van der Waals surface area contributed by atoms with Crippen molar-refractivity contribution in [2.45, 2.75) is 18.7 Å². The molecular formula is C9H10Cl2O3S. The Morgan fingerprint density at radius 2 is 2.00 bits per heavy atom. The average Bonchev–Trinajstić information content (AvgIpc) is 2.09. The van der Waals surface area contributed by atoms with Crippen molar-refractivity contribution in [3.63, 3.8) is 0 Å². The van der Waals surface area contributed by atoms with E-state index in [2.05, 4.69) is 0 Å². The van der Waals surface area contributed by atoms with E-state index in [1.54, 1.807) is 13.0 Å². The van der Waals surface area contributed by atoms with Crippen LogP contribution >= 0.6 is 22.3 Å². The molecule has 15 heavy (non-hydrogen) atoms. The van der Waals surface area contributed by atoms with Crippen LogP contribution < -0.4 is 4.74 Å². The van der Waals surface area contributed by atoms with Crippen molar-refractivity contribution in [1.82, 2.24) is 0 Å². The zero-order valence-electron chi connectivity index (χ0n) is 8.25. The molecule has 0 spiro atoms. The summed E-state index contributed by atoms with van der Waals surface area (Å²) < 4.78 is 27.5. The van der Waals surface area contributed by atoms with Gasteiger partial charge in [-0.3, -0.25) is 0 Å². The lowest BCUT2D eigenvalue weighted by molar-refractivity contribution is 0.340. The lowest BCUT2D eigenvalue weighted by Crippen LogP contribution is -1.98. The predicted octanol–water partition coefficient (Wildman–Crippen LogP) is 2.97. The van der Waals surface area contributed by atoms with Gasteiger partial charge in [0.15, 0.2) is 0 Å². The summed E-state index contributed by atoms with van der Waals surface area (Å²) >= 11 is 5.84. The monoisotopic (exact) mass is 268 g/mol. The quantitative estimate of drug-likeness (QED) is 0.792. The predicted molar refractivity (Wildman–Crippen MR) is 60.4 cm³/mol. The second kappa shape index (κ2) is 4.60. The van der Waals surface area contributed by atoms with E-state index in [0.717, 1.165) is 0 Å². The van der Waals surface area contributed by atoms with Crippen LogP contribution in [0.15, 0.2) is 17.0 Å². The third-order valence-corrected chi connectivity index (χ3v) is 3.55. The summed E-state index contributed by atoms with van der Waals surface area (Å²) in [5.74, 6) is 0.459. The third kappa shape index (κ3) is 3.00. The van der Waals surface area contributed by atoms with E-state index in [1.807, 2.05) is 6.92 Å². The fourth-order valence-corrected chi connectivity index (χ4v) is 2.65. The molecule has 0 radical (unpaired) electrons. The highest BCUT2D eigenvalue weighted by atomic mass is 35.7. The van der Waals surface area contributed by atoms with Crippen molar-refractivity contribution in [3.8, 4) is 5.75 Å². The second-order valence-electron chi connectivity index (χ2n) is 2.92. The number of ether oxygens (including phenoxy) is 1. The highest BCUT2D eigenvalue weighted by Gasteiger charge is 2.16. The van der Waals surface area contributed by atoms with Crippen LogP contribution in [0.2, 0.25) is 5.02 Å². The fraction of sp³-hybridized carbons (Fsp3) is 0.333. The zero-order chi connectivity index (χ0) is 11.6. The van der Waals surface area contributed by atoms with Gasteiger partial charge < -0.3 is 4.74 Å². The molecule has 0 aliphatic rings. The van der Waals surface area contributed by atoms with Crippen molar-refractivity contribution in [2.75, 3.05) is 6.61 Å². The van der Waals surface area contributed by atoms with Gasteiger partial charge in [-0.05, 0) is 31.5 Å². The van der Waals surface area contributed by atoms with Crippen LogP contribution in [-0.4, -0.2) is 15.0 Å². The Bertz CT molecular complexity index is 468. The SMILES string of the molecule is CCOc1cc(C)c(S(=O)(=O)Cl)cc1Cl. The molecule has 1 aromatic carbocycles. The minimum Gasteiger partial charge on any atom is -0.492 e. The summed E-state index contributed by atoms with van der Waals surface area (Å²) in [6.45, 7) is 3.91. The van der Waals surface area contributed by atoms with Crippen LogP contribution in [0, 0.1) is 6.92 Å². The van der Waals surface area contributed by atoms with Gasteiger partial charge in [-0.25, -0.2) is 8.42 Å². The van der Waals surface area contributed by atoms with Crippen molar-refractivity contribution in [3.05, 3.63) is 22.7 Å². The van der Waals surface area contributed by atoms with Crippen LogP contribution in [-0.2, 0) is 9.05 Å². The first kappa shape index (κ1) is 12.6. The second-order valence-corrected chi connectivity index (χ2v) is 5.86. The highest BCUT2D eigenvalue weighted by Crippen LogP contribution is 2.31. The van der Waals surface area contributed by atoms with Gasteiger partial charge in [-0.2, -0.15) is 0 Å². The van der Waals surface area contributed by atoms with E-state index in [0.29, 0.717) is 17.9 Å². The first-order chi connectivity index (χ1) is 6.86. The Kier molecular flexibility index (Phi) is 3.87. The van der Waals surface area contributed by atoms with Crippen molar-refractivity contribution < 1.29 is 13.2 Å². The Hall–Kier alpha value is -0.450. The van der Waals surface area contributed by atoms with Crippen LogP contribution in [0.25, 0.3) is 0 Å². The molecule has 1 aromatic rings. The Balaban J connectivity index is 3.32. The maximum atomic E-state index is 11.1. The molecule has 0 amide bonds. The summed E-state index contributed by atoms with van der Waals surface area (Å²) in [5.41, 5.74) is 0.512. The topological polar surface area (TPSA) is 43.4 Å². The molecule has 1 rings (SSSR count). The van der Waals surface area contributed by atoms with Crippen LogP contribution in [0.1, 0.15) is 12.5 Å². The number of rotatable bonds is 3. The van der Waals surface area contributed by atoms with Crippen molar-refractivity contribution in [2.24, 2.45) is 0 Å². The largest absolute Gasteiger partial charge is 0.492 e. The number of hydrogen-bond donors (Lipinski definition) is 0. The minimum absolute atomic E-state index is 0.0117. The molecular weight excluding hydrogens is 259 g/mol. The molecule has 0 bridgehead atoms. The van der Waals surface area contributed by atoms with Gasteiger partial charge in [-0.1, -0.05) is 11.6 Å². The van der Waals surface area contributed by atoms with Crippen LogP contribution in [0.4, 0.5) is 0 Å². The van der Waals surface area contributed by atoms with Gasteiger partial charge in [0.2, 0.25) is 0 Å². The Morgan fingerprint density at radius 3 is 2.47 bits per heavy atom. The summed E-state index contributed by atoms with van der Waals surface area (Å²) in [7, 11) is 1.48. The average molecular weight is 269 g/mol. The number of hydrogen-bond acceptors (Lipinski definition) is 3. The summed E-state index contributed by atoms with van der Waals surface area (Å²) in [5, 5.41) is 0.238. The molecule has 0 unspecified atom stereocenters. The Morgan fingerprint density at radius 1 is 1.40 bits per heavy atom. The van der Waals surface area contributed by atoms with Gasteiger partial charge in [0, 0.05) is 10.7 Å². The van der Waals surface area contributed by atoms with E-state index in [-0.39, 0.29) is 9.92 Å². The molecule has 0 saturated heterocycles. The molecule has 0 aliphatic carbocycles. The summed E-state index contributed by atoms with van der Waals surface area (Å²) in [6.07, 6.45) is 0. The van der Waals surface area contributed by atoms with E-state index >= 15 is 0 Å². The standard InChI is InChI=1S/C9H10Cl2O3S/c1-3-14-8-4-6(2)9(5-7(8)10)15(11,12)13/h4-5H,3H2,1-2H3. The molecule has 0 N–H and O–H groups in total. The first-order valence-electron chi connectivity index (χ1n) is 4.24. The van der Waals surface area contributed by atoms with Crippen molar-refractivity contribution >= 4 is 31.3 Å². The van der Waals surface area contributed by atoms with E-state index < -0.39 is 9.05 Å². The number of benzene rings is 1. The van der Waals surface area contributed by atoms with Gasteiger partial charge >= 0.3 is 0 Å². The highest BCUT2D eigenvalue weighted by molar-refractivity contribution is 8.13. The number of halogens is 2. The van der Waals surface area contributed by atoms with Gasteiger partial charge in [-0.15, -0.1) is 0 Å². The fourth-order valence-electron chi connectivity index (χ4n) is 1.17. The van der Waals surface area contributed by atoms with Crippen LogP contribution in [0.5, 0.6) is 5.75 Å². The minimum atomic E-state index is -3.76. The maximum Gasteiger partial charge on any atom is 0.261 e. The lowest BCUT2D eigenvalue weighted by atomic mass is 10.2. The van der Waals surface area contributed by atoms with E-state index in [1.165, 1.54) is 6.07 Å². The van der Waals surface area contributed by atoms with E-state index in [9.17, 15) is 8.42 Å². The Labute approximate surface area is 98.4 Å². The third-order valence-electron chi connectivity index (χ3n) is 1.79. The lowest BCUT2D eigenvalue weighted by Gasteiger charge is -2.09.